The molecule has 110 valence electrons. The fourth-order valence-corrected chi connectivity index (χ4v) is 2.38. The maximum absolute atomic E-state index is 11.9. The van der Waals surface area contributed by atoms with Gasteiger partial charge in [-0.15, -0.1) is 0 Å². The number of piperidine rings is 1. The maximum Gasteiger partial charge on any atom is 0.234 e. The summed E-state index contributed by atoms with van der Waals surface area (Å²) in [6.07, 6.45) is 1.50. The Morgan fingerprint density at radius 3 is 2.85 bits per heavy atom. The van der Waals surface area contributed by atoms with Crippen molar-refractivity contribution in [3.63, 3.8) is 0 Å². The molecule has 2 N–H and O–H groups in total. The Hall–Kier alpha value is -1.59. The molecule has 0 saturated carbocycles. The molecule has 2 rings (SSSR count). The zero-order valence-electron chi connectivity index (χ0n) is 11.8. The van der Waals surface area contributed by atoms with E-state index in [0.717, 1.165) is 30.7 Å². The number of carbonyl (C=O) groups is 1. The van der Waals surface area contributed by atoms with Crippen LogP contribution in [0.3, 0.4) is 0 Å². The van der Waals surface area contributed by atoms with E-state index in [1.165, 1.54) is 0 Å². The summed E-state index contributed by atoms with van der Waals surface area (Å²) in [7, 11) is 1.63. The number of β-amino-alcohol motifs (C(OH)–C–C–N with tert-alkyl or cyclic N) is 1. The van der Waals surface area contributed by atoms with Gasteiger partial charge >= 0.3 is 0 Å². The highest BCUT2D eigenvalue weighted by molar-refractivity contribution is 5.78. The quantitative estimate of drug-likeness (QED) is 0.835. The second kappa shape index (κ2) is 7.26. The van der Waals surface area contributed by atoms with E-state index < -0.39 is 0 Å². The van der Waals surface area contributed by atoms with E-state index in [0.29, 0.717) is 19.6 Å². The Balaban J connectivity index is 1.73. The van der Waals surface area contributed by atoms with Crippen LogP contribution >= 0.6 is 0 Å². The third kappa shape index (κ3) is 4.51. The molecule has 0 aromatic heterocycles. The molecule has 0 bridgehead atoms. The molecule has 1 fully saturated rings. The number of aliphatic hydroxyl groups excluding tert-OH is 1. The molecule has 1 aliphatic heterocycles. The van der Waals surface area contributed by atoms with Crippen LogP contribution in [-0.4, -0.2) is 48.8 Å². The zero-order valence-corrected chi connectivity index (χ0v) is 11.8. The summed E-state index contributed by atoms with van der Waals surface area (Å²) in [5.74, 6) is 0.803. The minimum Gasteiger partial charge on any atom is -0.497 e. The Morgan fingerprint density at radius 1 is 1.45 bits per heavy atom. The number of rotatable bonds is 5. The van der Waals surface area contributed by atoms with Gasteiger partial charge < -0.3 is 15.2 Å². The third-order valence-electron chi connectivity index (χ3n) is 3.50. The number of carbonyl (C=O) groups excluding carboxylic acids is 1. The molecule has 1 aliphatic rings. The van der Waals surface area contributed by atoms with Gasteiger partial charge in [0.05, 0.1) is 19.8 Å². The zero-order chi connectivity index (χ0) is 14.4. The van der Waals surface area contributed by atoms with Gasteiger partial charge in [-0.25, -0.2) is 0 Å². The van der Waals surface area contributed by atoms with Crippen LogP contribution < -0.4 is 10.1 Å². The smallest absolute Gasteiger partial charge is 0.234 e. The van der Waals surface area contributed by atoms with Gasteiger partial charge in [-0.05, 0) is 37.1 Å². The van der Waals surface area contributed by atoms with Crippen molar-refractivity contribution in [2.24, 2.45) is 0 Å². The topological polar surface area (TPSA) is 61.8 Å². The molecule has 1 unspecified atom stereocenters. The summed E-state index contributed by atoms with van der Waals surface area (Å²) in [6, 6.07) is 7.62. The van der Waals surface area contributed by atoms with Gasteiger partial charge in [0, 0.05) is 13.1 Å². The number of likely N-dealkylation sites (tertiary alicyclic amines) is 1. The monoisotopic (exact) mass is 278 g/mol. The van der Waals surface area contributed by atoms with Gasteiger partial charge in [-0.1, -0.05) is 12.1 Å². The number of nitrogens with zero attached hydrogens (tertiary/aromatic N) is 1. The van der Waals surface area contributed by atoms with Crippen LogP contribution in [-0.2, 0) is 11.3 Å². The molecule has 0 aliphatic carbocycles. The van der Waals surface area contributed by atoms with E-state index >= 15 is 0 Å². The van der Waals surface area contributed by atoms with Gasteiger partial charge in [0.1, 0.15) is 5.75 Å². The minimum absolute atomic E-state index is 0.00471. The predicted octanol–water partition coefficient (Wildman–Crippen LogP) is 0.768. The van der Waals surface area contributed by atoms with Crippen LogP contribution in [0, 0.1) is 0 Å². The van der Waals surface area contributed by atoms with E-state index in [2.05, 4.69) is 5.32 Å². The average Bonchev–Trinajstić information content (AvgIpc) is 2.46. The van der Waals surface area contributed by atoms with Crippen molar-refractivity contribution in [1.82, 2.24) is 10.2 Å². The molecule has 5 heteroatoms. The average molecular weight is 278 g/mol. The lowest BCUT2D eigenvalue weighted by atomic mass is 10.1. The van der Waals surface area contributed by atoms with E-state index in [1.54, 1.807) is 7.11 Å². The summed E-state index contributed by atoms with van der Waals surface area (Å²) in [6.45, 7) is 2.34. The number of aliphatic hydroxyl groups is 1. The summed E-state index contributed by atoms with van der Waals surface area (Å²) >= 11 is 0. The Labute approximate surface area is 119 Å². The SMILES string of the molecule is COc1ccc(CNC(=O)CN2CCCC(O)C2)cc1. The molecule has 1 aromatic rings. The van der Waals surface area contributed by atoms with Gasteiger partial charge in [0.2, 0.25) is 5.91 Å². The summed E-state index contributed by atoms with van der Waals surface area (Å²) < 4.78 is 5.09. The molecular weight excluding hydrogens is 256 g/mol. The number of nitrogens with one attached hydrogen (secondary N) is 1. The first kappa shape index (κ1) is 14.8. The molecule has 5 nitrogen and oxygen atoms in total. The first-order valence-corrected chi connectivity index (χ1v) is 6.97. The lowest BCUT2D eigenvalue weighted by Crippen LogP contribution is -2.44. The summed E-state index contributed by atoms with van der Waals surface area (Å²) in [5, 5.41) is 12.5. The molecular formula is C15H22N2O3. The Morgan fingerprint density at radius 2 is 2.20 bits per heavy atom. The normalized spacial score (nSPS) is 19.6. The lowest BCUT2D eigenvalue weighted by molar-refractivity contribution is -0.123. The van der Waals surface area contributed by atoms with Gasteiger partial charge in [0.25, 0.3) is 0 Å². The van der Waals surface area contributed by atoms with Crippen molar-refractivity contribution in [3.05, 3.63) is 29.8 Å². The van der Waals surface area contributed by atoms with Crippen LogP contribution in [0.4, 0.5) is 0 Å². The third-order valence-corrected chi connectivity index (χ3v) is 3.50. The second-order valence-electron chi connectivity index (χ2n) is 5.16. The number of ether oxygens (including phenoxy) is 1. The van der Waals surface area contributed by atoms with E-state index in [9.17, 15) is 9.90 Å². The lowest BCUT2D eigenvalue weighted by Gasteiger charge is -2.29. The summed E-state index contributed by atoms with van der Waals surface area (Å²) in [5.41, 5.74) is 1.04. The fraction of sp³-hybridized carbons (Fsp3) is 0.533. The highest BCUT2D eigenvalue weighted by atomic mass is 16.5. The Kier molecular flexibility index (Phi) is 5.38. The number of hydrogen-bond donors (Lipinski definition) is 2. The van der Waals surface area contributed by atoms with Crippen LogP contribution in [0.25, 0.3) is 0 Å². The van der Waals surface area contributed by atoms with Crippen molar-refractivity contribution >= 4 is 5.91 Å². The van der Waals surface area contributed by atoms with Crippen LogP contribution in [0.5, 0.6) is 5.75 Å². The van der Waals surface area contributed by atoms with Crippen molar-refractivity contribution in [3.8, 4) is 5.75 Å². The van der Waals surface area contributed by atoms with Crippen LogP contribution in [0.2, 0.25) is 0 Å². The van der Waals surface area contributed by atoms with Crippen molar-refractivity contribution < 1.29 is 14.6 Å². The maximum atomic E-state index is 11.9. The number of hydrogen-bond acceptors (Lipinski definition) is 4. The molecule has 1 saturated heterocycles. The molecule has 1 amide bonds. The van der Waals surface area contributed by atoms with Crippen LogP contribution in [0.15, 0.2) is 24.3 Å². The predicted molar refractivity (Wildman–Crippen MR) is 76.5 cm³/mol. The largest absolute Gasteiger partial charge is 0.497 e. The standard InChI is InChI=1S/C15H22N2O3/c1-20-14-6-4-12(5-7-14)9-16-15(19)11-17-8-2-3-13(18)10-17/h4-7,13,18H,2-3,8-11H2,1H3,(H,16,19). The first-order valence-electron chi connectivity index (χ1n) is 6.97. The number of benzene rings is 1. The number of methoxy groups -OCH3 is 1. The Bertz CT molecular complexity index is 433. The van der Waals surface area contributed by atoms with Crippen molar-refractivity contribution in [2.75, 3.05) is 26.7 Å². The minimum atomic E-state index is -0.293. The summed E-state index contributed by atoms with van der Waals surface area (Å²) in [4.78, 5) is 13.9. The van der Waals surface area contributed by atoms with Crippen molar-refractivity contribution in [1.29, 1.82) is 0 Å². The molecule has 1 aromatic carbocycles. The second-order valence-corrected chi connectivity index (χ2v) is 5.16. The fourth-order valence-electron chi connectivity index (χ4n) is 2.38. The van der Waals surface area contributed by atoms with Crippen LogP contribution in [0.1, 0.15) is 18.4 Å². The molecule has 1 heterocycles. The molecule has 0 radical (unpaired) electrons. The highest BCUT2D eigenvalue weighted by Crippen LogP contribution is 2.11. The van der Waals surface area contributed by atoms with E-state index in [-0.39, 0.29) is 12.0 Å². The first-order chi connectivity index (χ1) is 9.67. The number of amides is 1. The van der Waals surface area contributed by atoms with E-state index in [1.807, 2.05) is 29.2 Å². The van der Waals surface area contributed by atoms with E-state index in [4.69, 9.17) is 4.74 Å². The van der Waals surface area contributed by atoms with Crippen molar-refractivity contribution in [2.45, 2.75) is 25.5 Å². The van der Waals surface area contributed by atoms with Gasteiger partial charge in [-0.3, -0.25) is 9.69 Å². The molecule has 1 atom stereocenters. The highest BCUT2D eigenvalue weighted by Gasteiger charge is 2.19. The van der Waals surface area contributed by atoms with Gasteiger partial charge in [0.15, 0.2) is 0 Å². The molecule has 0 spiro atoms. The molecule has 20 heavy (non-hydrogen) atoms. The van der Waals surface area contributed by atoms with Gasteiger partial charge in [-0.2, -0.15) is 0 Å².